The minimum Gasteiger partial charge on any atom is -0.358 e. The van der Waals surface area contributed by atoms with E-state index in [4.69, 9.17) is 0 Å². The van der Waals surface area contributed by atoms with Crippen LogP contribution >= 0.6 is 11.3 Å². The average molecular weight is 311 g/mol. The predicted molar refractivity (Wildman–Crippen MR) is 90.0 cm³/mol. The minimum atomic E-state index is 0.101. The molecule has 112 valence electrons. The molecule has 0 saturated heterocycles. The summed E-state index contributed by atoms with van der Waals surface area (Å²) in [7, 11) is 0. The molecule has 0 radical (unpaired) electrons. The number of carbonyl (C=O) groups excluding carboxylic acids is 1. The molecule has 1 aliphatic rings. The van der Waals surface area contributed by atoms with Gasteiger partial charge in [0.2, 0.25) is 5.91 Å². The van der Waals surface area contributed by atoms with Gasteiger partial charge in [0, 0.05) is 33.5 Å². The van der Waals surface area contributed by atoms with Crippen LogP contribution in [0.1, 0.15) is 19.0 Å². The first kappa shape index (κ1) is 13.5. The number of carbonyl (C=O) groups is 1. The van der Waals surface area contributed by atoms with Crippen molar-refractivity contribution in [3.63, 3.8) is 0 Å². The van der Waals surface area contributed by atoms with Gasteiger partial charge in [-0.1, -0.05) is 25.1 Å². The molecule has 2 aromatic heterocycles. The Labute approximate surface area is 132 Å². The molecule has 22 heavy (non-hydrogen) atoms. The van der Waals surface area contributed by atoms with Gasteiger partial charge in [0.1, 0.15) is 0 Å². The highest BCUT2D eigenvalue weighted by Crippen LogP contribution is 2.39. The molecule has 1 aliphatic carbocycles. The molecule has 3 aromatic rings. The van der Waals surface area contributed by atoms with E-state index in [9.17, 15) is 4.79 Å². The zero-order valence-corrected chi connectivity index (χ0v) is 13.3. The molecule has 0 unspecified atom stereocenters. The number of para-hydroxylation sites is 1. The normalized spacial score (nSPS) is 20.3. The van der Waals surface area contributed by atoms with Gasteiger partial charge in [0.25, 0.3) is 0 Å². The van der Waals surface area contributed by atoms with E-state index in [1.807, 2.05) is 17.5 Å². The molecule has 1 saturated carbocycles. The summed E-state index contributed by atoms with van der Waals surface area (Å²) >= 11 is 1.48. The van der Waals surface area contributed by atoms with Crippen molar-refractivity contribution in [3.8, 4) is 11.3 Å². The molecular weight excluding hydrogens is 294 g/mol. The maximum atomic E-state index is 12.0. The number of hydrogen-bond donors (Lipinski definition) is 2. The third-order valence-electron chi connectivity index (χ3n) is 4.33. The van der Waals surface area contributed by atoms with Crippen LogP contribution in [-0.4, -0.2) is 15.9 Å². The van der Waals surface area contributed by atoms with Crippen LogP contribution in [0.25, 0.3) is 22.2 Å². The van der Waals surface area contributed by atoms with Crippen LogP contribution in [0.15, 0.2) is 29.6 Å². The lowest BCUT2D eigenvalue weighted by Gasteiger charge is -1.99. The number of rotatable bonds is 3. The molecule has 5 heteroatoms. The summed E-state index contributed by atoms with van der Waals surface area (Å²) in [6.07, 6.45) is 0.992. The Hall–Kier alpha value is -2.14. The Morgan fingerprint density at radius 3 is 2.95 bits per heavy atom. The van der Waals surface area contributed by atoms with Crippen molar-refractivity contribution in [2.24, 2.45) is 11.8 Å². The van der Waals surface area contributed by atoms with E-state index >= 15 is 0 Å². The highest BCUT2D eigenvalue weighted by atomic mass is 32.1. The molecule has 1 fully saturated rings. The lowest BCUT2D eigenvalue weighted by atomic mass is 10.1. The van der Waals surface area contributed by atoms with Gasteiger partial charge in [-0.05, 0) is 25.3 Å². The third-order valence-corrected chi connectivity index (χ3v) is 5.09. The van der Waals surface area contributed by atoms with Crippen molar-refractivity contribution in [1.82, 2.24) is 9.97 Å². The Kier molecular flexibility index (Phi) is 3.04. The van der Waals surface area contributed by atoms with Crippen molar-refractivity contribution in [3.05, 3.63) is 35.3 Å². The molecule has 2 atom stereocenters. The van der Waals surface area contributed by atoms with Gasteiger partial charge in [-0.3, -0.25) is 4.79 Å². The zero-order chi connectivity index (χ0) is 15.3. The number of aromatic nitrogens is 2. The smallest absolute Gasteiger partial charge is 0.229 e. The Balaban J connectivity index is 1.65. The van der Waals surface area contributed by atoms with Crippen LogP contribution in [0.5, 0.6) is 0 Å². The molecule has 1 amide bonds. The van der Waals surface area contributed by atoms with E-state index in [-0.39, 0.29) is 11.8 Å². The zero-order valence-electron chi connectivity index (χ0n) is 12.5. The van der Waals surface area contributed by atoms with Crippen LogP contribution in [0, 0.1) is 18.8 Å². The van der Waals surface area contributed by atoms with Crippen molar-refractivity contribution in [2.45, 2.75) is 20.3 Å². The highest BCUT2D eigenvalue weighted by Gasteiger charge is 2.39. The van der Waals surface area contributed by atoms with Crippen molar-refractivity contribution < 1.29 is 4.79 Å². The monoisotopic (exact) mass is 311 g/mol. The average Bonchev–Trinajstić information content (AvgIpc) is 2.92. The van der Waals surface area contributed by atoms with Crippen molar-refractivity contribution in [2.75, 3.05) is 5.32 Å². The summed E-state index contributed by atoms with van der Waals surface area (Å²) in [5.74, 6) is 0.779. The number of aromatic amines is 1. The number of anilines is 1. The second-order valence-corrected chi connectivity index (χ2v) is 6.88. The Morgan fingerprint density at radius 1 is 1.41 bits per heavy atom. The molecule has 0 spiro atoms. The van der Waals surface area contributed by atoms with E-state index in [1.165, 1.54) is 16.7 Å². The summed E-state index contributed by atoms with van der Waals surface area (Å²) in [6, 6.07) is 8.21. The lowest BCUT2D eigenvalue weighted by Crippen LogP contribution is -2.14. The number of nitrogens with zero attached hydrogens (tertiary/aromatic N) is 1. The fourth-order valence-electron chi connectivity index (χ4n) is 2.94. The van der Waals surface area contributed by atoms with Gasteiger partial charge >= 0.3 is 0 Å². The van der Waals surface area contributed by atoms with Gasteiger partial charge in [-0.15, -0.1) is 11.3 Å². The molecule has 2 N–H and O–H groups in total. The molecule has 0 bridgehead atoms. The number of thiazole rings is 1. The van der Waals surface area contributed by atoms with E-state index in [0.29, 0.717) is 11.0 Å². The van der Waals surface area contributed by atoms with E-state index in [1.54, 1.807) is 0 Å². The first-order valence-corrected chi connectivity index (χ1v) is 8.35. The van der Waals surface area contributed by atoms with Crippen LogP contribution < -0.4 is 5.32 Å². The molecule has 0 aliphatic heterocycles. The maximum Gasteiger partial charge on any atom is 0.229 e. The number of amides is 1. The number of H-pyrrole nitrogens is 1. The molecule has 2 heterocycles. The molecule has 4 rings (SSSR count). The Bertz CT molecular complexity index is 864. The lowest BCUT2D eigenvalue weighted by molar-refractivity contribution is -0.117. The van der Waals surface area contributed by atoms with Crippen LogP contribution in [0.3, 0.4) is 0 Å². The second kappa shape index (κ2) is 4.95. The fourth-order valence-corrected chi connectivity index (χ4v) is 3.64. The van der Waals surface area contributed by atoms with Gasteiger partial charge in [0.15, 0.2) is 5.13 Å². The topological polar surface area (TPSA) is 57.8 Å². The number of nitrogens with one attached hydrogen (secondary N) is 2. The predicted octanol–water partition coefficient (Wildman–Crippen LogP) is 4.19. The van der Waals surface area contributed by atoms with E-state index in [2.05, 4.69) is 41.3 Å². The maximum absolute atomic E-state index is 12.0. The minimum absolute atomic E-state index is 0.101. The largest absolute Gasteiger partial charge is 0.358 e. The van der Waals surface area contributed by atoms with Gasteiger partial charge in [0.05, 0.1) is 5.69 Å². The summed E-state index contributed by atoms with van der Waals surface area (Å²) in [5, 5.41) is 6.80. The van der Waals surface area contributed by atoms with E-state index in [0.717, 1.165) is 28.9 Å². The van der Waals surface area contributed by atoms with Gasteiger partial charge in [-0.25, -0.2) is 4.98 Å². The molecular formula is C17H17N3OS. The second-order valence-electron chi connectivity index (χ2n) is 6.02. The summed E-state index contributed by atoms with van der Waals surface area (Å²) in [4.78, 5) is 20.0. The molecule has 1 aromatic carbocycles. The quantitative estimate of drug-likeness (QED) is 0.762. The van der Waals surface area contributed by atoms with Crippen LogP contribution in [0.4, 0.5) is 5.13 Å². The van der Waals surface area contributed by atoms with Crippen LogP contribution in [0.2, 0.25) is 0 Å². The summed E-state index contributed by atoms with van der Waals surface area (Å²) < 4.78 is 0. The summed E-state index contributed by atoms with van der Waals surface area (Å²) in [5.41, 5.74) is 4.24. The van der Waals surface area contributed by atoms with Crippen LogP contribution in [-0.2, 0) is 4.79 Å². The fraction of sp³-hybridized carbons (Fsp3) is 0.294. The third kappa shape index (κ3) is 2.22. The number of benzene rings is 1. The summed E-state index contributed by atoms with van der Waals surface area (Å²) in [6.45, 7) is 4.16. The molecule has 4 nitrogen and oxygen atoms in total. The number of aryl methyl sites for hydroxylation is 1. The van der Waals surface area contributed by atoms with Gasteiger partial charge < -0.3 is 10.3 Å². The number of fused-ring (bicyclic) bond motifs is 1. The van der Waals surface area contributed by atoms with Crippen molar-refractivity contribution in [1.29, 1.82) is 0 Å². The van der Waals surface area contributed by atoms with E-state index < -0.39 is 0 Å². The first-order chi connectivity index (χ1) is 10.6. The SMILES string of the molecule is Cc1[nH]c2ccccc2c1-c1csc(NC(=O)[C@@H]2C[C@@H]2C)n1. The van der Waals surface area contributed by atoms with Gasteiger partial charge in [-0.2, -0.15) is 0 Å². The number of hydrogen-bond acceptors (Lipinski definition) is 3. The van der Waals surface area contributed by atoms with Crippen molar-refractivity contribution >= 4 is 33.3 Å². The Morgan fingerprint density at radius 2 is 2.18 bits per heavy atom. The highest BCUT2D eigenvalue weighted by molar-refractivity contribution is 7.14. The first-order valence-electron chi connectivity index (χ1n) is 7.47. The standard InChI is InChI=1S/C17H17N3OS/c1-9-7-12(9)16(21)20-17-19-14(8-22-17)15-10(2)18-13-6-4-3-5-11(13)15/h3-6,8-9,12,18H,7H2,1-2H3,(H,19,20,21)/t9-,12+/m0/s1.